The fourth-order valence-electron chi connectivity index (χ4n) is 2.47. The molecule has 7 heteroatoms. The highest BCUT2D eigenvalue weighted by Gasteiger charge is 2.12. The van der Waals surface area contributed by atoms with Gasteiger partial charge in [0.25, 0.3) is 0 Å². The van der Waals surface area contributed by atoms with Crippen LogP contribution in [-0.4, -0.2) is 33.0 Å². The van der Waals surface area contributed by atoms with Crippen molar-refractivity contribution < 1.29 is 9.53 Å². The zero-order chi connectivity index (χ0) is 18.4. The molecule has 1 aromatic heterocycles. The minimum Gasteiger partial charge on any atom is -0.493 e. The predicted molar refractivity (Wildman–Crippen MR) is 103 cm³/mol. The monoisotopic (exact) mass is 368 g/mol. The lowest BCUT2D eigenvalue weighted by Gasteiger charge is -2.11. The highest BCUT2D eigenvalue weighted by molar-refractivity contribution is 7.99. The van der Waals surface area contributed by atoms with E-state index in [9.17, 15) is 4.79 Å². The maximum atomic E-state index is 11.3. The van der Waals surface area contributed by atoms with Gasteiger partial charge in [-0.05, 0) is 37.3 Å². The molecule has 0 radical (unpaired) electrons. The molecule has 26 heavy (non-hydrogen) atoms. The summed E-state index contributed by atoms with van der Waals surface area (Å²) in [5, 5.41) is 12.0. The van der Waals surface area contributed by atoms with Gasteiger partial charge in [0.15, 0.2) is 5.16 Å². The molecular formula is C19H20N4O2S. The average Bonchev–Trinajstić information content (AvgIpc) is 3.00. The molecule has 3 rings (SSSR count). The molecule has 0 atom stereocenters. The number of nitrogens with zero attached hydrogens (tertiary/aromatic N) is 3. The molecule has 1 heterocycles. The van der Waals surface area contributed by atoms with Crippen molar-refractivity contribution >= 4 is 23.4 Å². The molecule has 0 bridgehead atoms. The van der Waals surface area contributed by atoms with Crippen LogP contribution in [0.3, 0.4) is 0 Å². The van der Waals surface area contributed by atoms with E-state index in [-0.39, 0.29) is 5.91 Å². The lowest BCUT2D eigenvalue weighted by Crippen LogP contribution is -2.07. The Morgan fingerprint density at radius 3 is 2.73 bits per heavy atom. The number of para-hydroxylation sites is 1. The number of anilines is 1. The Kier molecular flexibility index (Phi) is 5.91. The van der Waals surface area contributed by atoms with Crippen molar-refractivity contribution in [2.45, 2.75) is 19.0 Å². The summed E-state index contributed by atoms with van der Waals surface area (Å²) in [6.45, 7) is 3.97. The third kappa shape index (κ3) is 4.64. The van der Waals surface area contributed by atoms with Gasteiger partial charge < -0.3 is 10.1 Å². The summed E-state index contributed by atoms with van der Waals surface area (Å²) in [7, 11) is 0. The van der Waals surface area contributed by atoms with E-state index in [1.165, 1.54) is 6.92 Å². The quantitative estimate of drug-likeness (QED) is 0.509. The van der Waals surface area contributed by atoms with E-state index in [0.29, 0.717) is 6.61 Å². The second-order valence-electron chi connectivity index (χ2n) is 5.61. The smallest absolute Gasteiger partial charge is 0.221 e. The van der Waals surface area contributed by atoms with Crippen molar-refractivity contribution in [3.8, 4) is 11.4 Å². The minimum atomic E-state index is -0.102. The number of benzene rings is 2. The summed E-state index contributed by atoms with van der Waals surface area (Å²) in [5.74, 6) is 2.29. The first-order valence-electron chi connectivity index (χ1n) is 8.24. The number of thioether (sulfide) groups is 1. The summed E-state index contributed by atoms with van der Waals surface area (Å²) < 4.78 is 7.69. The highest BCUT2D eigenvalue weighted by Crippen LogP contribution is 2.24. The number of hydrogen-bond acceptors (Lipinski definition) is 5. The van der Waals surface area contributed by atoms with Gasteiger partial charge in [-0.3, -0.25) is 9.36 Å². The van der Waals surface area contributed by atoms with Gasteiger partial charge in [-0.15, -0.1) is 10.2 Å². The van der Waals surface area contributed by atoms with Crippen LogP contribution >= 0.6 is 11.8 Å². The number of nitrogens with one attached hydrogen (secondary N) is 1. The highest BCUT2D eigenvalue weighted by atomic mass is 32.2. The van der Waals surface area contributed by atoms with Gasteiger partial charge in [-0.2, -0.15) is 0 Å². The van der Waals surface area contributed by atoms with Gasteiger partial charge >= 0.3 is 0 Å². The van der Waals surface area contributed by atoms with Crippen LogP contribution in [0.4, 0.5) is 5.69 Å². The first-order valence-corrected chi connectivity index (χ1v) is 9.23. The molecule has 0 spiro atoms. The molecule has 0 unspecified atom stereocenters. The predicted octanol–water partition coefficient (Wildman–Crippen LogP) is 3.71. The van der Waals surface area contributed by atoms with E-state index < -0.39 is 0 Å². The number of aromatic nitrogens is 3. The molecule has 1 N–H and O–H groups in total. The van der Waals surface area contributed by atoms with E-state index in [1.807, 2.05) is 66.1 Å². The molecule has 134 valence electrons. The SMILES string of the molecule is CC(=O)Nc1cccc(-n2c(C)nnc2SCCOc2ccccc2)c1. The maximum Gasteiger partial charge on any atom is 0.221 e. The number of hydrogen-bond donors (Lipinski definition) is 1. The number of rotatable bonds is 7. The molecule has 2 aromatic carbocycles. The van der Waals surface area contributed by atoms with Crippen LogP contribution in [-0.2, 0) is 4.79 Å². The Bertz CT molecular complexity index is 880. The third-order valence-electron chi connectivity index (χ3n) is 3.55. The zero-order valence-electron chi connectivity index (χ0n) is 14.7. The molecule has 6 nitrogen and oxygen atoms in total. The Labute approximate surface area is 156 Å². The molecule has 1 amide bonds. The molecule has 0 aliphatic rings. The number of carbonyl (C=O) groups excluding carboxylic acids is 1. The molecule has 0 aliphatic carbocycles. The van der Waals surface area contributed by atoms with Crippen LogP contribution in [0, 0.1) is 6.92 Å². The summed E-state index contributed by atoms with van der Waals surface area (Å²) in [6.07, 6.45) is 0. The van der Waals surface area contributed by atoms with Gasteiger partial charge in [0.2, 0.25) is 5.91 Å². The Morgan fingerprint density at radius 2 is 1.96 bits per heavy atom. The topological polar surface area (TPSA) is 69.0 Å². The van der Waals surface area contributed by atoms with E-state index >= 15 is 0 Å². The van der Waals surface area contributed by atoms with Crippen LogP contribution in [0.2, 0.25) is 0 Å². The van der Waals surface area contributed by atoms with Gasteiger partial charge in [-0.25, -0.2) is 0 Å². The lowest BCUT2D eigenvalue weighted by atomic mass is 10.2. The number of amides is 1. The summed E-state index contributed by atoms with van der Waals surface area (Å²) in [6, 6.07) is 17.3. The summed E-state index contributed by atoms with van der Waals surface area (Å²) >= 11 is 1.58. The van der Waals surface area contributed by atoms with Crippen molar-refractivity contribution in [2.24, 2.45) is 0 Å². The minimum absolute atomic E-state index is 0.102. The largest absolute Gasteiger partial charge is 0.493 e. The number of ether oxygens (including phenoxy) is 1. The van der Waals surface area contributed by atoms with Crippen LogP contribution in [0.25, 0.3) is 5.69 Å². The van der Waals surface area contributed by atoms with Gasteiger partial charge in [-0.1, -0.05) is 36.0 Å². The number of carbonyl (C=O) groups is 1. The Hall–Kier alpha value is -2.80. The van der Waals surface area contributed by atoms with E-state index in [0.717, 1.165) is 33.9 Å². The molecule has 0 saturated heterocycles. The fraction of sp³-hybridized carbons (Fsp3) is 0.211. The first-order chi connectivity index (χ1) is 12.6. The maximum absolute atomic E-state index is 11.3. The number of aryl methyl sites for hydroxylation is 1. The average molecular weight is 368 g/mol. The van der Waals surface area contributed by atoms with Gasteiger partial charge in [0.05, 0.1) is 12.3 Å². The normalized spacial score (nSPS) is 10.5. The summed E-state index contributed by atoms with van der Waals surface area (Å²) in [4.78, 5) is 11.3. The molecular weight excluding hydrogens is 348 g/mol. The third-order valence-corrected chi connectivity index (χ3v) is 4.44. The Morgan fingerprint density at radius 1 is 1.15 bits per heavy atom. The van der Waals surface area contributed by atoms with Crippen LogP contribution in [0.1, 0.15) is 12.7 Å². The van der Waals surface area contributed by atoms with Crippen LogP contribution < -0.4 is 10.1 Å². The van der Waals surface area contributed by atoms with Crippen molar-refractivity contribution in [1.82, 2.24) is 14.8 Å². The molecule has 0 saturated carbocycles. The van der Waals surface area contributed by atoms with Crippen LogP contribution in [0.5, 0.6) is 5.75 Å². The van der Waals surface area contributed by atoms with E-state index in [1.54, 1.807) is 11.8 Å². The fourth-order valence-corrected chi connectivity index (χ4v) is 3.28. The van der Waals surface area contributed by atoms with Crippen molar-refractivity contribution in [3.05, 3.63) is 60.4 Å². The van der Waals surface area contributed by atoms with E-state index in [4.69, 9.17) is 4.74 Å². The van der Waals surface area contributed by atoms with Crippen molar-refractivity contribution in [1.29, 1.82) is 0 Å². The second kappa shape index (κ2) is 8.53. The molecule has 0 aliphatic heterocycles. The van der Waals surface area contributed by atoms with Crippen molar-refractivity contribution in [2.75, 3.05) is 17.7 Å². The van der Waals surface area contributed by atoms with E-state index in [2.05, 4.69) is 15.5 Å². The molecule has 0 fully saturated rings. The van der Waals surface area contributed by atoms with Crippen molar-refractivity contribution in [3.63, 3.8) is 0 Å². The van der Waals surface area contributed by atoms with Crippen LogP contribution in [0.15, 0.2) is 59.8 Å². The summed E-state index contributed by atoms with van der Waals surface area (Å²) in [5.41, 5.74) is 1.65. The lowest BCUT2D eigenvalue weighted by molar-refractivity contribution is -0.114. The van der Waals surface area contributed by atoms with Gasteiger partial charge in [0.1, 0.15) is 11.6 Å². The second-order valence-corrected chi connectivity index (χ2v) is 6.67. The first kappa shape index (κ1) is 18.0. The standard InChI is InChI=1S/C19H20N4O2S/c1-14-21-22-19(26-12-11-25-18-9-4-3-5-10-18)23(14)17-8-6-7-16(13-17)20-15(2)24/h3-10,13H,11-12H2,1-2H3,(H,20,24). The molecule has 3 aromatic rings. The zero-order valence-corrected chi connectivity index (χ0v) is 15.5. The Balaban J connectivity index is 1.68. The van der Waals surface area contributed by atoms with Gasteiger partial charge in [0, 0.05) is 18.4 Å².